The van der Waals surface area contributed by atoms with Crippen LogP contribution >= 0.6 is 11.8 Å². The van der Waals surface area contributed by atoms with Gasteiger partial charge in [0.2, 0.25) is 0 Å². The fraction of sp³-hybridized carbons (Fsp3) is 0.880. The number of thioether (sulfide) groups is 1. The molecular weight excluding hydrogens is 364 g/mol. The first kappa shape index (κ1) is 22.2. The predicted molar refractivity (Wildman–Crippen MR) is 121 cm³/mol. The molecule has 3 rings (SSSR count). The van der Waals surface area contributed by atoms with E-state index in [0.29, 0.717) is 6.42 Å². The minimum absolute atomic E-state index is 0.349. The molecule has 3 saturated carbocycles. The number of carbonyl (C=O) groups is 1. The van der Waals surface area contributed by atoms with Gasteiger partial charge in [-0.05, 0) is 73.9 Å². The van der Waals surface area contributed by atoms with Gasteiger partial charge in [-0.3, -0.25) is 4.79 Å². The maximum atomic E-state index is 10.6. The molecule has 1 N–H and O–H groups in total. The van der Waals surface area contributed by atoms with Crippen LogP contribution in [-0.4, -0.2) is 22.6 Å². The zero-order valence-electron chi connectivity index (χ0n) is 17.8. The summed E-state index contributed by atoms with van der Waals surface area (Å²) in [6, 6.07) is 0. The Morgan fingerprint density at radius 2 is 1.64 bits per heavy atom. The second-order valence-electron chi connectivity index (χ2n) is 9.76. The normalized spacial score (nSPS) is 30.4. The van der Waals surface area contributed by atoms with Gasteiger partial charge in [0, 0.05) is 12.2 Å². The maximum absolute atomic E-state index is 10.6. The Morgan fingerprint density at radius 1 is 0.893 bits per heavy atom. The number of hydrogen-bond acceptors (Lipinski definition) is 2. The monoisotopic (exact) mass is 406 g/mol. The summed E-state index contributed by atoms with van der Waals surface area (Å²) < 4.78 is 0. The summed E-state index contributed by atoms with van der Waals surface area (Å²) in [4.78, 5) is 10.6. The number of carboxylic acids is 1. The van der Waals surface area contributed by atoms with Crippen molar-refractivity contribution in [2.24, 2.45) is 29.6 Å². The molecule has 0 saturated heterocycles. The van der Waals surface area contributed by atoms with Gasteiger partial charge in [-0.25, -0.2) is 0 Å². The van der Waals surface area contributed by atoms with Crippen molar-refractivity contribution in [2.75, 3.05) is 11.5 Å². The van der Waals surface area contributed by atoms with Crippen molar-refractivity contribution in [3.63, 3.8) is 0 Å². The molecule has 2 nitrogen and oxygen atoms in total. The lowest BCUT2D eigenvalue weighted by Crippen LogP contribution is -2.24. The van der Waals surface area contributed by atoms with Crippen molar-refractivity contribution >= 4 is 17.7 Å². The topological polar surface area (TPSA) is 37.3 Å². The van der Waals surface area contributed by atoms with Crippen LogP contribution in [0.3, 0.4) is 0 Å². The Kier molecular flexibility index (Phi) is 9.77. The van der Waals surface area contributed by atoms with Gasteiger partial charge in [0.25, 0.3) is 0 Å². The molecule has 3 fully saturated rings. The van der Waals surface area contributed by atoms with E-state index in [0.717, 1.165) is 42.4 Å². The molecule has 0 aromatic rings. The summed E-state index contributed by atoms with van der Waals surface area (Å²) >= 11 is 2.18. The molecule has 2 bridgehead atoms. The third-order valence-corrected chi connectivity index (χ3v) is 8.89. The number of allylic oxidation sites excluding steroid dienone is 1. The number of carboxylic acid groups (broad SMARTS) is 1. The molecule has 0 aliphatic heterocycles. The first-order valence-electron chi connectivity index (χ1n) is 12.2. The third-order valence-electron chi connectivity index (χ3n) is 7.84. The van der Waals surface area contributed by atoms with Gasteiger partial charge in [-0.1, -0.05) is 63.5 Å². The highest BCUT2D eigenvalue weighted by atomic mass is 32.2. The summed E-state index contributed by atoms with van der Waals surface area (Å²) in [6.45, 7) is 0. The van der Waals surface area contributed by atoms with E-state index in [1.807, 2.05) is 0 Å². The minimum atomic E-state index is -0.641. The van der Waals surface area contributed by atoms with Gasteiger partial charge < -0.3 is 5.11 Å². The van der Waals surface area contributed by atoms with Crippen LogP contribution in [0.2, 0.25) is 0 Å². The Labute approximate surface area is 177 Å². The second-order valence-corrected chi connectivity index (χ2v) is 10.8. The van der Waals surface area contributed by atoms with Gasteiger partial charge in [-0.2, -0.15) is 11.8 Å². The van der Waals surface area contributed by atoms with Gasteiger partial charge in [0.15, 0.2) is 0 Å². The SMILES string of the molecule is O=C(O)CCCCCCC1C2CCC(C2)C1CSC/C=C/CC1CCCCC1. The Morgan fingerprint density at radius 3 is 2.43 bits per heavy atom. The van der Waals surface area contributed by atoms with Crippen molar-refractivity contribution in [3.05, 3.63) is 12.2 Å². The number of fused-ring (bicyclic) bond motifs is 2. The maximum Gasteiger partial charge on any atom is 0.303 e. The number of hydrogen-bond donors (Lipinski definition) is 1. The average Bonchev–Trinajstić information content (AvgIpc) is 3.30. The van der Waals surface area contributed by atoms with Crippen molar-refractivity contribution in [1.29, 1.82) is 0 Å². The van der Waals surface area contributed by atoms with Crippen LogP contribution < -0.4 is 0 Å². The van der Waals surface area contributed by atoms with E-state index < -0.39 is 5.97 Å². The number of rotatable bonds is 13. The number of aliphatic carboxylic acids is 1. The molecule has 4 atom stereocenters. The second kappa shape index (κ2) is 12.3. The van der Waals surface area contributed by atoms with Crippen LogP contribution in [0.25, 0.3) is 0 Å². The van der Waals surface area contributed by atoms with Crippen LogP contribution in [0.5, 0.6) is 0 Å². The van der Waals surface area contributed by atoms with Crippen molar-refractivity contribution < 1.29 is 9.90 Å². The zero-order chi connectivity index (χ0) is 19.6. The fourth-order valence-electron chi connectivity index (χ4n) is 6.30. The summed E-state index contributed by atoms with van der Waals surface area (Å²) in [6.07, 6.45) is 24.3. The summed E-state index contributed by atoms with van der Waals surface area (Å²) in [5.41, 5.74) is 0. The highest BCUT2D eigenvalue weighted by Crippen LogP contribution is 2.54. The van der Waals surface area contributed by atoms with Crippen LogP contribution in [0.1, 0.15) is 96.3 Å². The lowest BCUT2D eigenvalue weighted by atomic mass is 9.77. The Balaban J connectivity index is 1.29. The summed E-state index contributed by atoms with van der Waals surface area (Å²) in [5, 5.41) is 8.74. The van der Waals surface area contributed by atoms with Crippen molar-refractivity contribution in [2.45, 2.75) is 96.3 Å². The molecule has 3 aliphatic rings. The quantitative estimate of drug-likeness (QED) is 0.257. The average molecular weight is 407 g/mol. The molecular formula is C25H42O2S. The minimum Gasteiger partial charge on any atom is -0.481 e. The van der Waals surface area contributed by atoms with Crippen LogP contribution in [0.15, 0.2) is 12.2 Å². The van der Waals surface area contributed by atoms with Crippen molar-refractivity contribution in [1.82, 2.24) is 0 Å². The molecule has 0 aromatic heterocycles. The molecule has 0 heterocycles. The molecule has 4 unspecified atom stereocenters. The highest BCUT2D eigenvalue weighted by Gasteiger charge is 2.46. The predicted octanol–water partition coefficient (Wildman–Crippen LogP) is 7.33. The lowest BCUT2D eigenvalue weighted by molar-refractivity contribution is -0.137. The standard InChI is InChI=1S/C25H42O2S/c26-25(27)14-7-2-1-6-13-23-21-15-16-22(18-21)24(23)19-28-17-9-8-12-20-10-4-3-5-11-20/h8-9,20-24H,1-7,10-19H2,(H,26,27)/b9-8+. The van der Waals surface area contributed by atoms with E-state index in [-0.39, 0.29) is 0 Å². The van der Waals surface area contributed by atoms with E-state index >= 15 is 0 Å². The molecule has 3 heteroatoms. The molecule has 0 spiro atoms. The van der Waals surface area contributed by atoms with Gasteiger partial charge in [0.05, 0.1) is 0 Å². The van der Waals surface area contributed by atoms with E-state index in [2.05, 4.69) is 23.9 Å². The fourth-order valence-corrected chi connectivity index (χ4v) is 7.50. The van der Waals surface area contributed by atoms with E-state index in [9.17, 15) is 4.79 Å². The lowest BCUT2D eigenvalue weighted by Gasteiger charge is -2.31. The number of unbranched alkanes of at least 4 members (excludes halogenated alkanes) is 3. The van der Waals surface area contributed by atoms with Crippen LogP contribution in [0.4, 0.5) is 0 Å². The first-order chi connectivity index (χ1) is 13.7. The molecule has 3 aliphatic carbocycles. The van der Waals surface area contributed by atoms with Crippen LogP contribution in [-0.2, 0) is 4.79 Å². The highest BCUT2D eigenvalue weighted by molar-refractivity contribution is 7.99. The van der Waals surface area contributed by atoms with E-state index in [1.165, 1.54) is 88.6 Å². The van der Waals surface area contributed by atoms with Crippen molar-refractivity contribution in [3.8, 4) is 0 Å². The molecule has 0 aromatic carbocycles. The van der Waals surface area contributed by atoms with Gasteiger partial charge >= 0.3 is 5.97 Å². The first-order valence-corrected chi connectivity index (χ1v) is 13.3. The Bertz CT molecular complexity index is 483. The molecule has 0 radical (unpaired) electrons. The molecule has 160 valence electrons. The van der Waals surface area contributed by atoms with Crippen LogP contribution in [0, 0.1) is 29.6 Å². The molecule has 28 heavy (non-hydrogen) atoms. The third kappa shape index (κ3) is 7.11. The smallest absolute Gasteiger partial charge is 0.303 e. The van der Waals surface area contributed by atoms with Gasteiger partial charge in [-0.15, -0.1) is 0 Å². The largest absolute Gasteiger partial charge is 0.481 e. The zero-order valence-corrected chi connectivity index (χ0v) is 18.6. The van der Waals surface area contributed by atoms with E-state index in [1.54, 1.807) is 0 Å². The van der Waals surface area contributed by atoms with Gasteiger partial charge in [0.1, 0.15) is 0 Å². The molecule has 0 amide bonds. The summed E-state index contributed by atoms with van der Waals surface area (Å²) in [5.74, 6) is 6.88. The Hall–Kier alpha value is -0.440. The van der Waals surface area contributed by atoms with E-state index in [4.69, 9.17) is 5.11 Å². The summed E-state index contributed by atoms with van der Waals surface area (Å²) in [7, 11) is 0.